The Balaban J connectivity index is 0.000000360. The molecule has 0 amide bonds. The summed E-state index contributed by atoms with van der Waals surface area (Å²) in [7, 11) is 0. The number of aryl methyl sites for hydroxylation is 1. The van der Waals surface area contributed by atoms with Crippen LogP contribution in [-0.2, 0) is 0 Å². The van der Waals surface area contributed by atoms with Crippen LogP contribution in [0.25, 0.3) is 0 Å². The standard InChI is InChI=1S/C4H4NS.Rf/c1-4-2-5-3-6-4;/h3H,1H3;/q-1;. The fourth-order valence-electron chi connectivity index (χ4n) is 0.249. The predicted octanol–water partition coefficient (Wildman–Crippen LogP) is 1.25. The summed E-state index contributed by atoms with van der Waals surface area (Å²) in [6.07, 6.45) is 2.77. The Hall–Kier alpha value is -1.37. The van der Waals surface area contributed by atoms with E-state index in [1.165, 1.54) is 0 Å². The van der Waals surface area contributed by atoms with Gasteiger partial charge in [0, 0.05) is 0 Å². The van der Waals surface area contributed by atoms with Gasteiger partial charge in [0.15, 0.2) is 0 Å². The fourth-order valence-corrected chi connectivity index (χ4v) is 0.618. The maximum absolute atomic E-state index is 3.72. The summed E-state index contributed by atoms with van der Waals surface area (Å²) in [5.41, 5.74) is 1.77. The fraction of sp³-hybridized carbons (Fsp3) is 0.250. The van der Waals surface area contributed by atoms with Crippen molar-refractivity contribution in [3.05, 3.63) is 16.6 Å². The molecular weight excluding hydrogens is 361 g/mol. The van der Waals surface area contributed by atoms with Crippen LogP contribution in [0.3, 0.4) is 0 Å². The van der Waals surface area contributed by atoms with Crippen LogP contribution in [0.5, 0.6) is 0 Å². The minimum absolute atomic E-state index is 0. The molecule has 1 aromatic rings. The third-order valence-electron chi connectivity index (χ3n) is 0.504. The van der Waals surface area contributed by atoms with Gasteiger partial charge in [-0.3, -0.25) is 0 Å². The third-order valence-corrected chi connectivity index (χ3v) is 1.16. The molecule has 0 N–H and O–H groups in total. The molecule has 1 aromatic heterocycles. The molecule has 0 unspecified atom stereocenters. The zero-order valence-corrected chi connectivity index (χ0v) is 11.4. The molecule has 0 aliphatic carbocycles. The molecule has 0 atom stereocenters. The van der Waals surface area contributed by atoms with Crippen molar-refractivity contribution in [1.29, 1.82) is 0 Å². The van der Waals surface area contributed by atoms with E-state index in [2.05, 4.69) is 11.2 Å². The van der Waals surface area contributed by atoms with Crippen molar-refractivity contribution in [3.8, 4) is 0 Å². The summed E-state index contributed by atoms with van der Waals surface area (Å²) in [4.78, 5) is 4.86. The monoisotopic (exact) mass is 365 g/mol. The van der Waals surface area contributed by atoms with Crippen molar-refractivity contribution >= 4 is 11.3 Å². The quantitative estimate of drug-likeness (QED) is 0.631. The minimum Gasteiger partial charge on any atom is -0.448 e. The van der Waals surface area contributed by atoms with E-state index in [0.717, 1.165) is 4.88 Å². The molecule has 0 spiro atoms. The number of hydrogen-bond donors (Lipinski definition) is 0. The van der Waals surface area contributed by atoms with Gasteiger partial charge in [-0.05, 0) is 6.92 Å². The molecule has 0 fully saturated rings. The van der Waals surface area contributed by atoms with Crippen molar-refractivity contribution in [1.82, 2.24) is 4.98 Å². The number of rotatable bonds is 0. The first kappa shape index (κ1) is 5.63. The van der Waals surface area contributed by atoms with Gasteiger partial charge in [-0.25, -0.2) is 11.3 Å². The first-order valence-electron chi connectivity index (χ1n) is 1.67. The van der Waals surface area contributed by atoms with E-state index in [4.69, 9.17) is 0 Å². The Morgan fingerprint density at radius 1 is 1.86 bits per heavy atom. The van der Waals surface area contributed by atoms with Crippen molar-refractivity contribution in [3.63, 3.8) is 0 Å². The molecule has 0 saturated heterocycles. The smallest absolute Gasteiger partial charge is 0 e. The predicted molar refractivity (Wildman–Crippen MR) is 25.7 cm³/mol. The molecule has 1 heterocycles. The Morgan fingerprint density at radius 3 is 2.71 bits per heavy atom. The molecular formula is C4H4NRfS-. The molecule has 3 heteroatoms. The molecule has 0 saturated carbocycles. The SMILES string of the molecule is Cc1[c-]ncs1.[Rf]. The third kappa shape index (κ3) is 1.01. The summed E-state index contributed by atoms with van der Waals surface area (Å²) < 4.78 is 0. The van der Waals surface area contributed by atoms with Crippen LogP contribution in [0.4, 0.5) is 0 Å². The van der Waals surface area contributed by atoms with Crippen LogP contribution >= 0.6 is 11.3 Å². The van der Waals surface area contributed by atoms with E-state index in [1.54, 1.807) is 16.8 Å². The Kier molecular flexibility index (Phi) is 1.55. The largest absolute Gasteiger partial charge is 0.448 e. The maximum atomic E-state index is 3.72. The van der Waals surface area contributed by atoms with E-state index in [0.29, 0.717) is 0 Å². The van der Waals surface area contributed by atoms with Gasteiger partial charge in [-0.2, -0.15) is 0 Å². The summed E-state index contributed by atoms with van der Waals surface area (Å²) in [6.45, 7) is 1.98. The van der Waals surface area contributed by atoms with Crippen molar-refractivity contribution in [2.75, 3.05) is 0 Å². The molecule has 7 heavy (non-hydrogen) atoms. The van der Waals surface area contributed by atoms with Crippen molar-refractivity contribution in [2.45, 2.75) is 6.92 Å². The van der Waals surface area contributed by atoms with Gasteiger partial charge >= 0.3 is 0 Å². The topological polar surface area (TPSA) is 12.9 Å². The minimum atomic E-state index is 0. The van der Waals surface area contributed by atoms with Gasteiger partial charge in [-0.1, -0.05) is 10.4 Å². The van der Waals surface area contributed by atoms with Crippen LogP contribution < -0.4 is 0 Å². The number of aromatic nitrogens is 1. The summed E-state index contributed by atoms with van der Waals surface area (Å²) in [5.74, 6) is 0. The first-order valence-corrected chi connectivity index (χ1v) is 2.55. The summed E-state index contributed by atoms with van der Waals surface area (Å²) in [6, 6.07) is 0. The van der Waals surface area contributed by atoms with Crippen molar-refractivity contribution in [2.24, 2.45) is 0 Å². The number of nitrogens with zero attached hydrogens (tertiary/aromatic N) is 1. The van der Waals surface area contributed by atoms with Gasteiger partial charge in [0.05, 0.1) is 0 Å². The zero-order valence-electron chi connectivity index (χ0n) is 4.14. The Labute approximate surface area is 40.7 Å². The second-order valence-corrected chi connectivity index (χ2v) is 2.08. The van der Waals surface area contributed by atoms with E-state index in [1.807, 2.05) is 6.92 Å². The molecule has 34 valence electrons. The summed E-state index contributed by atoms with van der Waals surface area (Å²) in [5, 5.41) is 0. The normalized spacial score (nSPS) is 7.57. The molecule has 0 aliphatic rings. The molecule has 0 aliphatic heterocycles. The van der Waals surface area contributed by atoms with E-state index in [9.17, 15) is 0 Å². The maximum Gasteiger partial charge on any atom is 0 e. The summed E-state index contributed by atoms with van der Waals surface area (Å²) >= 11 is 1.61. The van der Waals surface area contributed by atoms with E-state index in [-0.39, 0.29) is 0 Å². The van der Waals surface area contributed by atoms with Crippen LogP contribution in [-0.4, -0.2) is 4.98 Å². The second-order valence-electron chi connectivity index (χ2n) is 1.02. The van der Waals surface area contributed by atoms with Crippen LogP contribution in [0.2, 0.25) is 0 Å². The zero-order chi connectivity index (χ0) is 4.41. The van der Waals surface area contributed by atoms with E-state index >= 15 is 0 Å². The number of thiazole rings is 1. The van der Waals surface area contributed by atoms with Gasteiger partial charge in [0.2, 0.25) is 0 Å². The van der Waals surface area contributed by atoms with Gasteiger partial charge < -0.3 is 4.98 Å². The average molecular weight is 365 g/mol. The van der Waals surface area contributed by atoms with Gasteiger partial charge in [0.1, 0.15) is 0 Å². The first-order chi connectivity index (χ1) is 2.89. The molecule has 0 bridgehead atoms. The molecule has 0 radical (unpaired) electrons. The van der Waals surface area contributed by atoms with Crippen LogP contribution in [0.1, 0.15) is 4.88 Å². The van der Waals surface area contributed by atoms with E-state index < -0.39 is 0 Å². The molecule has 1 nitrogen and oxygen atoms in total. The van der Waals surface area contributed by atoms with Gasteiger partial charge in [0.25, 0.3) is 0 Å². The van der Waals surface area contributed by atoms with Crippen LogP contribution in [0.15, 0.2) is 5.51 Å². The average Bonchev–Trinajstić information content (AvgIpc) is 1.86. The second kappa shape index (κ2) is 1.92. The van der Waals surface area contributed by atoms with Gasteiger partial charge in [-0.15, -0.1) is 6.20 Å². The van der Waals surface area contributed by atoms with Crippen molar-refractivity contribution < 1.29 is 0 Å². The van der Waals surface area contributed by atoms with Crippen LogP contribution in [0, 0.1) is 13.1 Å². The Morgan fingerprint density at radius 2 is 2.57 bits per heavy atom. The molecule has 1 rings (SSSR count). The molecule has 0 aromatic carbocycles. The number of hydrogen-bond acceptors (Lipinski definition) is 2. The Bertz CT molecular complexity index is 115.